The van der Waals surface area contributed by atoms with Gasteiger partial charge in [-0.3, -0.25) is 0 Å². The van der Waals surface area contributed by atoms with Crippen LogP contribution in [0.1, 0.15) is 57.9 Å². The van der Waals surface area contributed by atoms with E-state index in [-0.39, 0.29) is 0 Å². The lowest BCUT2D eigenvalue weighted by Gasteiger charge is -2.26. The molecule has 2 rings (SSSR count). The molecule has 1 aliphatic carbocycles. The number of ether oxygens (including phenoxy) is 1. The predicted molar refractivity (Wildman–Crippen MR) is 81.7 cm³/mol. The van der Waals surface area contributed by atoms with Crippen LogP contribution in [0.25, 0.3) is 0 Å². The van der Waals surface area contributed by atoms with Crippen LogP contribution in [0.3, 0.4) is 0 Å². The van der Waals surface area contributed by atoms with Gasteiger partial charge in [0.1, 0.15) is 5.75 Å². The van der Waals surface area contributed by atoms with Gasteiger partial charge < -0.3 is 4.74 Å². The first-order valence-corrected chi connectivity index (χ1v) is 7.99. The minimum absolute atomic E-state index is 0.823. The lowest BCUT2D eigenvalue weighted by Crippen LogP contribution is -2.12. The lowest BCUT2D eigenvalue weighted by molar-refractivity contribution is 0.277. The second kappa shape index (κ2) is 7.57. The third-order valence-corrected chi connectivity index (χ3v) is 4.35. The van der Waals surface area contributed by atoms with Gasteiger partial charge in [-0.2, -0.15) is 0 Å². The van der Waals surface area contributed by atoms with Crippen molar-refractivity contribution in [3.05, 3.63) is 29.8 Å². The minimum atomic E-state index is 0.823. The number of aryl methyl sites for hydroxylation is 1. The second-order valence-corrected chi connectivity index (χ2v) is 6.16. The molecule has 0 bridgehead atoms. The molecule has 1 aliphatic rings. The summed E-state index contributed by atoms with van der Waals surface area (Å²) in [4.78, 5) is 0. The Morgan fingerprint density at radius 2 is 1.95 bits per heavy atom. The zero-order valence-corrected chi connectivity index (χ0v) is 12.5. The van der Waals surface area contributed by atoms with Gasteiger partial charge in [0.15, 0.2) is 0 Å². The van der Waals surface area contributed by atoms with Crippen molar-refractivity contribution in [1.82, 2.24) is 0 Å². The van der Waals surface area contributed by atoms with Gasteiger partial charge in [-0.15, -0.1) is 0 Å². The first-order chi connectivity index (χ1) is 9.28. The molecular weight excluding hydrogens is 232 g/mol. The average Bonchev–Trinajstić information content (AvgIpc) is 2.45. The number of hydrogen-bond acceptors (Lipinski definition) is 1. The molecule has 0 unspecified atom stereocenters. The smallest absolute Gasteiger partial charge is 0.119 e. The second-order valence-electron chi connectivity index (χ2n) is 6.16. The summed E-state index contributed by atoms with van der Waals surface area (Å²) in [7, 11) is 0. The Labute approximate surface area is 118 Å². The maximum absolute atomic E-state index is 5.70. The molecule has 1 aromatic carbocycles. The van der Waals surface area contributed by atoms with Gasteiger partial charge in [-0.25, -0.2) is 0 Å². The zero-order chi connectivity index (χ0) is 13.5. The van der Waals surface area contributed by atoms with Crippen molar-refractivity contribution in [2.75, 3.05) is 6.61 Å². The molecule has 106 valence electrons. The van der Waals surface area contributed by atoms with Gasteiger partial charge in [-0.05, 0) is 48.8 Å². The van der Waals surface area contributed by atoms with Crippen molar-refractivity contribution >= 4 is 0 Å². The van der Waals surface area contributed by atoms with Crippen LogP contribution in [-0.2, 0) is 6.42 Å². The van der Waals surface area contributed by atoms with Crippen LogP contribution in [-0.4, -0.2) is 6.61 Å². The molecule has 1 nitrogen and oxygen atoms in total. The Morgan fingerprint density at radius 3 is 2.68 bits per heavy atom. The fraction of sp³-hybridized carbons (Fsp3) is 0.667. The molecule has 1 fully saturated rings. The summed E-state index contributed by atoms with van der Waals surface area (Å²) in [5.74, 6) is 2.95. The molecule has 0 aliphatic heterocycles. The fourth-order valence-corrected chi connectivity index (χ4v) is 3.00. The van der Waals surface area contributed by atoms with Gasteiger partial charge >= 0.3 is 0 Å². The van der Waals surface area contributed by atoms with E-state index < -0.39 is 0 Å². The fourth-order valence-electron chi connectivity index (χ4n) is 3.00. The van der Waals surface area contributed by atoms with Crippen LogP contribution >= 0.6 is 0 Å². The highest BCUT2D eigenvalue weighted by Gasteiger charge is 2.17. The minimum Gasteiger partial charge on any atom is -0.494 e. The van der Waals surface area contributed by atoms with E-state index in [1.54, 1.807) is 0 Å². The Hall–Kier alpha value is -0.980. The molecule has 0 atom stereocenters. The van der Waals surface area contributed by atoms with E-state index in [1.807, 2.05) is 0 Å². The third-order valence-electron chi connectivity index (χ3n) is 4.35. The van der Waals surface area contributed by atoms with Gasteiger partial charge in [0.2, 0.25) is 0 Å². The predicted octanol–water partition coefficient (Wildman–Crippen LogP) is 5.23. The zero-order valence-electron chi connectivity index (χ0n) is 12.5. The normalized spacial score (nSPS) is 23.3. The number of hydrogen-bond donors (Lipinski definition) is 0. The van der Waals surface area contributed by atoms with Crippen molar-refractivity contribution < 1.29 is 4.74 Å². The van der Waals surface area contributed by atoms with Crippen LogP contribution in [0, 0.1) is 11.8 Å². The molecule has 1 aromatic rings. The summed E-state index contributed by atoms with van der Waals surface area (Å²) in [6.07, 6.45) is 9.38. The standard InChI is InChI=1S/C18H28O/c1-3-13-19-18-6-4-5-17(14-18)12-11-16-9-7-15(2)8-10-16/h4-6,14-16H,3,7-13H2,1-2H3. The van der Waals surface area contributed by atoms with E-state index in [1.165, 1.54) is 44.1 Å². The molecule has 0 saturated heterocycles. The van der Waals surface area contributed by atoms with Crippen molar-refractivity contribution in [3.63, 3.8) is 0 Å². The van der Waals surface area contributed by atoms with Crippen molar-refractivity contribution in [3.8, 4) is 5.75 Å². The quantitative estimate of drug-likeness (QED) is 0.680. The molecule has 1 heteroatoms. The van der Waals surface area contributed by atoms with E-state index in [0.717, 1.165) is 30.6 Å². The van der Waals surface area contributed by atoms with Crippen molar-refractivity contribution in [2.24, 2.45) is 11.8 Å². The SMILES string of the molecule is CCCOc1cccc(CCC2CCC(C)CC2)c1. The van der Waals surface area contributed by atoms with Crippen LogP contribution < -0.4 is 4.74 Å². The topological polar surface area (TPSA) is 9.23 Å². The largest absolute Gasteiger partial charge is 0.494 e. The summed E-state index contributed by atoms with van der Waals surface area (Å²) in [5, 5.41) is 0. The van der Waals surface area contributed by atoms with Crippen molar-refractivity contribution in [2.45, 2.75) is 58.8 Å². The maximum atomic E-state index is 5.70. The summed E-state index contributed by atoms with van der Waals surface area (Å²) in [6, 6.07) is 8.66. The Bertz CT molecular complexity index is 364. The number of rotatable bonds is 6. The lowest BCUT2D eigenvalue weighted by atomic mass is 9.80. The molecule has 0 radical (unpaired) electrons. The van der Waals surface area contributed by atoms with E-state index in [2.05, 4.69) is 38.1 Å². The monoisotopic (exact) mass is 260 g/mol. The van der Waals surface area contributed by atoms with Crippen LogP contribution in [0.5, 0.6) is 5.75 Å². The van der Waals surface area contributed by atoms with Gasteiger partial charge in [0.05, 0.1) is 6.61 Å². The van der Waals surface area contributed by atoms with Gasteiger partial charge in [0.25, 0.3) is 0 Å². The molecule has 1 saturated carbocycles. The van der Waals surface area contributed by atoms with Gasteiger partial charge in [0, 0.05) is 0 Å². The Balaban J connectivity index is 1.78. The highest BCUT2D eigenvalue weighted by atomic mass is 16.5. The molecule has 0 spiro atoms. The van der Waals surface area contributed by atoms with E-state index in [0.29, 0.717) is 0 Å². The first-order valence-electron chi connectivity index (χ1n) is 7.99. The summed E-state index contributed by atoms with van der Waals surface area (Å²) >= 11 is 0. The maximum Gasteiger partial charge on any atom is 0.119 e. The molecule has 0 amide bonds. The van der Waals surface area contributed by atoms with E-state index >= 15 is 0 Å². The van der Waals surface area contributed by atoms with Crippen LogP contribution in [0.4, 0.5) is 0 Å². The highest BCUT2D eigenvalue weighted by molar-refractivity contribution is 5.28. The molecule has 19 heavy (non-hydrogen) atoms. The molecule has 0 N–H and O–H groups in total. The summed E-state index contributed by atoms with van der Waals surface area (Å²) in [5.41, 5.74) is 1.44. The third kappa shape index (κ3) is 4.89. The van der Waals surface area contributed by atoms with Crippen LogP contribution in [0.15, 0.2) is 24.3 Å². The molecular formula is C18H28O. The van der Waals surface area contributed by atoms with E-state index in [9.17, 15) is 0 Å². The Kier molecular flexibility index (Phi) is 5.75. The van der Waals surface area contributed by atoms with Gasteiger partial charge in [-0.1, -0.05) is 51.7 Å². The Morgan fingerprint density at radius 1 is 1.16 bits per heavy atom. The summed E-state index contributed by atoms with van der Waals surface area (Å²) < 4.78 is 5.70. The molecule has 0 aromatic heterocycles. The summed E-state index contributed by atoms with van der Waals surface area (Å²) in [6.45, 7) is 5.36. The highest BCUT2D eigenvalue weighted by Crippen LogP contribution is 2.31. The first kappa shape index (κ1) is 14.4. The molecule has 0 heterocycles. The van der Waals surface area contributed by atoms with Crippen LogP contribution in [0.2, 0.25) is 0 Å². The number of benzene rings is 1. The average molecular weight is 260 g/mol. The van der Waals surface area contributed by atoms with Crippen molar-refractivity contribution in [1.29, 1.82) is 0 Å². The van der Waals surface area contributed by atoms with E-state index in [4.69, 9.17) is 4.74 Å².